The highest BCUT2D eigenvalue weighted by atomic mass is 35.5. The van der Waals surface area contributed by atoms with Crippen LogP contribution in [-0.2, 0) is 16.2 Å². The maximum absolute atomic E-state index is 12.1. The quantitative estimate of drug-likeness (QED) is 0.441. The van der Waals surface area contributed by atoms with Crippen LogP contribution in [-0.4, -0.2) is 11.7 Å². The molecule has 0 saturated carbocycles. The molecule has 4 nitrogen and oxygen atoms in total. The van der Waals surface area contributed by atoms with Gasteiger partial charge in [-0.25, -0.2) is 4.79 Å². The molecule has 4 rings (SSSR count). The SMILES string of the molecule is O=C1ON=C(c2ccccc2)C1=Cc1ccc(OCc2ccc(Cl)cc2)cc1. The van der Waals surface area contributed by atoms with Crippen molar-refractivity contribution in [3.05, 3.63) is 106 Å². The van der Waals surface area contributed by atoms with Crippen LogP contribution in [0.2, 0.25) is 5.02 Å². The first kappa shape index (κ1) is 18.0. The van der Waals surface area contributed by atoms with E-state index in [1.54, 1.807) is 6.08 Å². The average molecular weight is 390 g/mol. The number of benzene rings is 3. The predicted molar refractivity (Wildman–Crippen MR) is 109 cm³/mol. The Morgan fingerprint density at radius 2 is 1.64 bits per heavy atom. The van der Waals surface area contributed by atoms with E-state index in [2.05, 4.69) is 5.16 Å². The number of rotatable bonds is 5. The molecule has 0 radical (unpaired) electrons. The number of oxime groups is 1. The fourth-order valence-electron chi connectivity index (χ4n) is 2.79. The standard InChI is InChI=1S/C23H16ClNO3/c24-19-10-6-17(7-11-19)15-27-20-12-8-16(9-13-20)14-21-22(25-28-23(21)26)18-4-2-1-3-5-18/h1-14H,15H2. The van der Waals surface area contributed by atoms with Gasteiger partial charge in [0.05, 0.1) is 5.57 Å². The Bertz CT molecular complexity index is 1040. The van der Waals surface area contributed by atoms with Gasteiger partial charge in [-0.3, -0.25) is 0 Å². The predicted octanol–water partition coefficient (Wildman–Crippen LogP) is 5.26. The minimum Gasteiger partial charge on any atom is -0.489 e. The molecule has 0 saturated heterocycles. The Labute approximate surface area is 167 Å². The molecule has 5 heteroatoms. The van der Waals surface area contributed by atoms with Crippen LogP contribution in [0.5, 0.6) is 5.75 Å². The van der Waals surface area contributed by atoms with Gasteiger partial charge in [0.15, 0.2) is 0 Å². The van der Waals surface area contributed by atoms with E-state index < -0.39 is 5.97 Å². The first-order valence-corrected chi connectivity index (χ1v) is 9.11. The first-order chi connectivity index (χ1) is 13.7. The second-order valence-electron chi connectivity index (χ2n) is 6.23. The number of carbonyl (C=O) groups excluding carboxylic acids is 1. The second kappa shape index (κ2) is 8.11. The van der Waals surface area contributed by atoms with E-state index >= 15 is 0 Å². The van der Waals surface area contributed by atoms with Crippen molar-refractivity contribution >= 4 is 29.4 Å². The van der Waals surface area contributed by atoms with Gasteiger partial charge in [-0.15, -0.1) is 0 Å². The van der Waals surface area contributed by atoms with Crippen molar-refractivity contribution < 1.29 is 14.4 Å². The zero-order valence-electron chi connectivity index (χ0n) is 14.8. The number of halogens is 1. The lowest BCUT2D eigenvalue weighted by atomic mass is 10.0. The third kappa shape index (κ3) is 4.13. The van der Waals surface area contributed by atoms with Crippen LogP contribution in [0, 0.1) is 0 Å². The van der Waals surface area contributed by atoms with Crippen molar-refractivity contribution in [2.75, 3.05) is 0 Å². The van der Waals surface area contributed by atoms with Crippen molar-refractivity contribution in [1.29, 1.82) is 0 Å². The summed E-state index contributed by atoms with van der Waals surface area (Å²) < 4.78 is 5.79. The molecule has 3 aromatic carbocycles. The van der Waals surface area contributed by atoms with Crippen molar-refractivity contribution in [3.63, 3.8) is 0 Å². The fourth-order valence-corrected chi connectivity index (χ4v) is 2.91. The van der Waals surface area contributed by atoms with Gasteiger partial charge in [0.25, 0.3) is 0 Å². The van der Waals surface area contributed by atoms with Crippen molar-refractivity contribution in [1.82, 2.24) is 0 Å². The van der Waals surface area contributed by atoms with Crippen LogP contribution in [0.1, 0.15) is 16.7 Å². The molecule has 0 unspecified atom stereocenters. The Balaban J connectivity index is 1.48. The minimum absolute atomic E-state index is 0.432. The van der Waals surface area contributed by atoms with Crippen LogP contribution in [0.15, 0.2) is 89.6 Å². The molecule has 0 spiro atoms. The summed E-state index contributed by atoms with van der Waals surface area (Å²) in [6.45, 7) is 0.453. The fraction of sp³-hybridized carbons (Fsp3) is 0.0435. The highest BCUT2D eigenvalue weighted by Gasteiger charge is 2.26. The molecule has 1 aliphatic rings. The van der Waals surface area contributed by atoms with Crippen molar-refractivity contribution in [3.8, 4) is 5.75 Å². The Morgan fingerprint density at radius 3 is 2.36 bits per heavy atom. The molecule has 0 amide bonds. The van der Waals surface area contributed by atoms with Gasteiger partial charge in [-0.2, -0.15) is 0 Å². The van der Waals surface area contributed by atoms with Gasteiger partial charge in [-0.05, 0) is 41.5 Å². The topological polar surface area (TPSA) is 47.9 Å². The number of carbonyl (C=O) groups is 1. The van der Waals surface area contributed by atoms with Gasteiger partial charge in [0.1, 0.15) is 18.1 Å². The van der Waals surface area contributed by atoms with Gasteiger partial charge in [-0.1, -0.05) is 71.4 Å². The average Bonchev–Trinajstić information content (AvgIpc) is 3.09. The minimum atomic E-state index is -0.457. The molecule has 0 aromatic heterocycles. The number of hydrogen-bond acceptors (Lipinski definition) is 4. The molecule has 0 atom stereocenters. The summed E-state index contributed by atoms with van der Waals surface area (Å²) in [6, 6.07) is 24.5. The first-order valence-electron chi connectivity index (χ1n) is 8.73. The van der Waals surface area contributed by atoms with Gasteiger partial charge < -0.3 is 9.57 Å². The zero-order chi connectivity index (χ0) is 19.3. The maximum atomic E-state index is 12.1. The smallest absolute Gasteiger partial charge is 0.368 e. The zero-order valence-corrected chi connectivity index (χ0v) is 15.6. The molecule has 1 aliphatic heterocycles. The monoisotopic (exact) mass is 389 g/mol. The van der Waals surface area contributed by atoms with E-state index in [9.17, 15) is 4.79 Å². The van der Waals surface area contributed by atoms with E-state index in [4.69, 9.17) is 21.2 Å². The molecule has 0 fully saturated rings. The highest BCUT2D eigenvalue weighted by molar-refractivity contribution is 6.31. The lowest BCUT2D eigenvalue weighted by Crippen LogP contribution is -2.06. The van der Waals surface area contributed by atoms with Gasteiger partial charge >= 0.3 is 5.97 Å². The molecular weight excluding hydrogens is 374 g/mol. The summed E-state index contributed by atoms with van der Waals surface area (Å²) in [6.07, 6.45) is 1.77. The van der Waals surface area contributed by atoms with E-state index in [1.165, 1.54) is 0 Å². The van der Waals surface area contributed by atoms with Gasteiger partial charge in [0.2, 0.25) is 0 Å². The summed E-state index contributed by atoms with van der Waals surface area (Å²) in [5.41, 5.74) is 3.70. The van der Waals surface area contributed by atoms with Crippen LogP contribution in [0.25, 0.3) is 6.08 Å². The molecule has 1 heterocycles. The Kier molecular flexibility index (Phi) is 5.22. The summed E-state index contributed by atoms with van der Waals surface area (Å²) in [7, 11) is 0. The largest absolute Gasteiger partial charge is 0.489 e. The molecular formula is C23H16ClNO3. The molecule has 3 aromatic rings. The highest BCUT2D eigenvalue weighted by Crippen LogP contribution is 2.22. The normalized spacial score (nSPS) is 14.7. The van der Waals surface area contributed by atoms with Crippen LogP contribution < -0.4 is 4.74 Å². The lowest BCUT2D eigenvalue weighted by molar-refractivity contribution is -0.136. The Hall–Kier alpha value is -3.37. The number of nitrogens with zero attached hydrogens (tertiary/aromatic N) is 1. The molecule has 0 bridgehead atoms. The third-order valence-electron chi connectivity index (χ3n) is 4.25. The van der Waals surface area contributed by atoms with E-state index in [1.807, 2.05) is 78.9 Å². The van der Waals surface area contributed by atoms with Crippen LogP contribution >= 0.6 is 11.6 Å². The lowest BCUT2D eigenvalue weighted by Gasteiger charge is -2.07. The van der Waals surface area contributed by atoms with Crippen LogP contribution in [0.3, 0.4) is 0 Å². The number of hydrogen-bond donors (Lipinski definition) is 0. The summed E-state index contributed by atoms with van der Waals surface area (Å²) in [5.74, 6) is 0.282. The second-order valence-corrected chi connectivity index (χ2v) is 6.66. The van der Waals surface area contributed by atoms with E-state index in [0.29, 0.717) is 22.9 Å². The Morgan fingerprint density at radius 1 is 0.929 bits per heavy atom. The van der Waals surface area contributed by atoms with E-state index in [-0.39, 0.29) is 0 Å². The van der Waals surface area contributed by atoms with Crippen molar-refractivity contribution in [2.24, 2.45) is 5.16 Å². The van der Waals surface area contributed by atoms with E-state index in [0.717, 1.165) is 22.4 Å². The summed E-state index contributed by atoms with van der Waals surface area (Å²) >= 11 is 5.89. The maximum Gasteiger partial charge on any atom is 0.368 e. The summed E-state index contributed by atoms with van der Waals surface area (Å²) in [4.78, 5) is 16.9. The molecule has 0 aliphatic carbocycles. The molecule has 0 N–H and O–H groups in total. The third-order valence-corrected chi connectivity index (χ3v) is 4.50. The number of ether oxygens (including phenoxy) is 1. The molecule has 138 valence electrons. The summed E-state index contributed by atoms with van der Waals surface area (Å²) in [5, 5.41) is 4.62. The van der Waals surface area contributed by atoms with Crippen molar-refractivity contribution in [2.45, 2.75) is 6.61 Å². The van der Waals surface area contributed by atoms with Gasteiger partial charge in [0, 0.05) is 10.6 Å². The van der Waals surface area contributed by atoms with Crippen LogP contribution in [0.4, 0.5) is 0 Å². The molecule has 28 heavy (non-hydrogen) atoms.